The summed E-state index contributed by atoms with van der Waals surface area (Å²) < 4.78 is 5.22. The highest BCUT2D eigenvalue weighted by Gasteiger charge is 2.21. The zero-order valence-corrected chi connectivity index (χ0v) is 15.1. The minimum Gasteiger partial charge on any atom is -0.496 e. The second-order valence-corrected chi connectivity index (χ2v) is 6.36. The van der Waals surface area contributed by atoms with E-state index in [0.717, 1.165) is 11.1 Å². The first kappa shape index (κ1) is 20.5. The summed E-state index contributed by atoms with van der Waals surface area (Å²) >= 11 is 0. The molecule has 3 N–H and O–H groups in total. The van der Waals surface area contributed by atoms with Gasteiger partial charge in [0.2, 0.25) is 11.8 Å². The van der Waals surface area contributed by atoms with E-state index in [9.17, 15) is 14.4 Å². The molecule has 0 radical (unpaired) electrons. The third-order valence-corrected chi connectivity index (χ3v) is 3.57. The van der Waals surface area contributed by atoms with Gasteiger partial charge in [-0.3, -0.25) is 9.59 Å². The summed E-state index contributed by atoms with van der Waals surface area (Å²) in [5.74, 6) is -1.22. The molecule has 0 saturated heterocycles. The fraction of sp³-hybridized carbons (Fsp3) is 0.500. The third-order valence-electron chi connectivity index (χ3n) is 3.57. The number of rotatable bonds is 9. The van der Waals surface area contributed by atoms with E-state index in [2.05, 4.69) is 10.6 Å². The molecule has 7 nitrogen and oxygen atoms in total. The average molecular weight is 350 g/mol. The van der Waals surface area contributed by atoms with Gasteiger partial charge >= 0.3 is 5.97 Å². The largest absolute Gasteiger partial charge is 0.496 e. The number of carbonyl (C=O) groups excluding carboxylic acids is 2. The molecule has 0 fully saturated rings. The highest BCUT2D eigenvalue weighted by Crippen LogP contribution is 2.19. The second kappa shape index (κ2) is 9.66. The van der Waals surface area contributed by atoms with Gasteiger partial charge in [0, 0.05) is 5.56 Å². The fourth-order valence-corrected chi connectivity index (χ4v) is 2.40. The van der Waals surface area contributed by atoms with Crippen molar-refractivity contribution in [2.24, 2.45) is 5.92 Å². The number of amides is 2. The van der Waals surface area contributed by atoms with Crippen molar-refractivity contribution in [3.05, 3.63) is 29.3 Å². The molecule has 0 aromatic heterocycles. The molecule has 25 heavy (non-hydrogen) atoms. The quantitative estimate of drug-likeness (QED) is 0.622. The van der Waals surface area contributed by atoms with Gasteiger partial charge in [-0.25, -0.2) is 4.79 Å². The van der Waals surface area contributed by atoms with Gasteiger partial charge in [-0.2, -0.15) is 0 Å². The zero-order valence-electron chi connectivity index (χ0n) is 15.1. The molecule has 1 aromatic rings. The van der Waals surface area contributed by atoms with Gasteiger partial charge in [0.05, 0.1) is 20.1 Å². The molecule has 0 bridgehead atoms. The molecular weight excluding hydrogens is 324 g/mol. The standard InChI is InChI=1S/C18H26N2O5/c1-11(2)7-14(18(23)24)20-17(22)10-19-16(21)9-13-8-12(3)5-6-15(13)25-4/h5-6,8,11,14H,7,9-10H2,1-4H3,(H,19,21)(H,20,22)(H,23,24)/t14-/m0/s1. The molecule has 0 saturated carbocycles. The first-order chi connectivity index (χ1) is 11.7. The maximum Gasteiger partial charge on any atom is 0.326 e. The van der Waals surface area contributed by atoms with E-state index in [4.69, 9.17) is 9.84 Å². The van der Waals surface area contributed by atoms with Crippen molar-refractivity contribution in [3.63, 3.8) is 0 Å². The number of hydrogen-bond acceptors (Lipinski definition) is 4. The Balaban J connectivity index is 2.54. The lowest BCUT2D eigenvalue weighted by atomic mass is 10.0. The molecule has 0 spiro atoms. The van der Waals surface area contributed by atoms with Crippen LogP contribution < -0.4 is 15.4 Å². The van der Waals surface area contributed by atoms with Gasteiger partial charge in [-0.15, -0.1) is 0 Å². The van der Waals surface area contributed by atoms with Gasteiger partial charge in [0.1, 0.15) is 11.8 Å². The summed E-state index contributed by atoms with van der Waals surface area (Å²) in [6.45, 7) is 5.39. The van der Waals surface area contributed by atoms with Crippen molar-refractivity contribution in [2.45, 2.75) is 39.7 Å². The monoisotopic (exact) mass is 350 g/mol. The summed E-state index contributed by atoms with van der Waals surface area (Å²) in [6.07, 6.45) is 0.405. The summed E-state index contributed by atoms with van der Waals surface area (Å²) in [5.41, 5.74) is 1.72. The summed E-state index contributed by atoms with van der Waals surface area (Å²) in [5, 5.41) is 14.0. The maximum absolute atomic E-state index is 12.0. The molecule has 2 amide bonds. The normalized spacial score (nSPS) is 11.7. The molecule has 1 aromatic carbocycles. The van der Waals surface area contributed by atoms with Crippen molar-refractivity contribution in [3.8, 4) is 5.75 Å². The molecule has 0 aliphatic rings. The molecule has 1 rings (SSSR count). The van der Waals surface area contributed by atoms with E-state index < -0.39 is 17.9 Å². The van der Waals surface area contributed by atoms with Crippen LogP contribution in [0.4, 0.5) is 0 Å². The van der Waals surface area contributed by atoms with Crippen LogP contribution in [0.2, 0.25) is 0 Å². The van der Waals surface area contributed by atoms with E-state index in [0.29, 0.717) is 12.2 Å². The fourth-order valence-electron chi connectivity index (χ4n) is 2.40. The van der Waals surface area contributed by atoms with Crippen LogP contribution in [-0.4, -0.2) is 42.6 Å². The predicted octanol–water partition coefficient (Wildman–Crippen LogP) is 1.28. The molecule has 1 atom stereocenters. The van der Waals surface area contributed by atoms with Gasteiger partial charge in [0.15, 0.2) is 0 Å². The lowest BCUT2D eigenvalue weighted by Gasteiger charge is -2.16. The Morgan fingerprint density at radius 2 is 1.88 bits per heavy atom. The highest BCUT2D eigenvalue weighted by molar-refractivity contribution is 5.88. The van der Waals surface area contributed by atoms with Gasteiger partial charge < -0.3 is 20.5 Å². The van der Waals surface area contributed by atoms with Crippen LogP contribution in [0, 0.1) is 12.8 Å². The number of aliphatic carboxylic acids is 1. The molecule has 0 heterocycles. The molecular formula is C18H26N2O5. The number of benzene rings is 1. The minimum atomic E-state index is -1.09. The van der Waals surface area contributed by atoms with Crippen molar-refractivity contribution >= 4 is 17.8 Å². The number of ether oxygens (including phenoxy) is 1. The SMILES string of the molecule is COc1ccc(C)cc1CC(=O)NCC(=O)N[C@@H](CC(C)C)C(=O)O. The van der Waals surface area contributed by atoms with Gasteiger partial charge in [-0.05, 0) is 25.3 Å². The minimum absolute atomic E-state index is 0.0759. The van der Waals surface area contributed by atoms with E-state index in [1.54, 1.807) is 6.07 Å². The van der Waals surface area contributed by atoms with E-state index in [1.165, 1.54) is 7.11 Å². The Hall–Kier alpha value is -2.57. The third kappa shape index (κ3) is 7.24. The van der Waals surface area contributed by atoms with Crippen molar-refractivity contribution < 1.29 is 24.2 Å². The first-order valence-corrected chi connectivity index (χ1v) is 8.15. The van der Waals surface area contributed by atoms with Crippen LogP contribution in [0.1, 0.15) is 31.4 Å². The number of nitrogens with one attached hydrogen (secondary N) is 2. The number of carboxylic acid groups (broad SMARTS) is 1. The highest BCUT2D eigenvalue weighted by atomic mass is 16.5. The van der Waals surface area contributed by atoms with E-state index >= 15 is 0 Å². The Morgan fingerprint density at radius 3 is 2.44 bits per heavy atom. The Bertz CT molecular complexity index is 628. The Kier molecular flexibility index (Phi) is 7.91. The number of hydrogen-bond donors (Lipinski definition) is 3. The number of methoxy groups -OCH3 is 1. The van der Waals surface area contributed by atoms with Crippen LogP contribution in [0.25, 0.3) is 0 Å². The number of aryl methyl sites for hydroxylation is 1. The van der Waals surface area contributed by atoms with Crippen LogP contribution in [0.5, 0.6) is 5.75 Å². The Morgan fingerprint density at radius 1 is 1.20 bits per heavy atom. The van der Waals surface area contributed by atoms with Crippen LogP contribution >= 0.6 is 0 Å². The number of carboxylic acids is 1. The van der Waals surface area contributed by atoms with E-state index in [1.807, 2.05) is 32.9 Å². The average Bonchev–Trinajstić information content (AvgIpc) is 2.52. The summed E-state index contributed by atoms with van der Waals surface area (Å²) in [4.78, 5) is 35.0. The lowest BCUT2D eigenvalue weighted by Crippen LogP contribution is -2.46. The number of carbonyl (C=O) groups is 3. The van der Waals surface area contributed by atoms with Crippen LogP contribution in [-0.2, 0) is 20.8 Å². The van der Waals surface area contributed by atoms with Crippen molar-refractivity contribution in [1.29, 1.82) is 0 Å². The summed E-state index contributed by atoms with van der Waals surface area (Å²) in [7, 11) is 1.53. The zero-order chi connectivity index (χ0) is 19.0. The van der Waals surface area contributed by atoms with Crippen LogP contribution in [0.15, 0.2) is 18.2 Å². The summed E-state index contributed by atoms with van der Waals surface area (Å²) in [6, 6.07) is 4.56. The smallest absolute Gasteiger partial charge is 0.326 e. The molecule has 7 heteroatoms. The second-order valence-electron chi connectivity index (χ2n) is 6.36. The van der Waals surface area contributed by atoms with Gasteiger partial charge in [-0.1, -0.05) is 31.5 Å². The van der Waals surface area contributed by atoms with E-state index in [-0.39, 0.29) is 24.8 Å². The molecule has 0 aliphatic carbocycles. The first-order valence-electron chi connectivity index (χ1n) is 8.15. The molecule has 0 unspecified atom stereocenters. The maximum atomic E-state index is 12.0. The molecule has 0 aliphatic heterocycles. The predicted molar refractivity (Wildman–Crippen MR) is 93.5 cm³/mol. The topological polar surface area (TPSA) is 105 Å². The Labute approximate surface area is 147 Å². The molecule has 138 valence electrons. The van der Waals surface area contributed by atoms with Crippen molar-refractivity contribution in [2.75, 3.05) is 13.7 Å². The van der Waals surface area contributed by atoms with Crippen LogP contribution in [0.3, 0.4) is 0 Å². The lowest BCUT2D eigenvalue weighted by molar-refractivity contribution is -0.142. The van der Waals surface area contributed by atoms with Crippen molar-refractivity contribution in [1.82, 2.24) is 10.6 Å². The van der Waals surface area contributed by atoms with Gasteiger partial charge in [0.25, 0.3) is 0 Å².